The van der Waals surface area contributed by atoms with Crippen molar-refractivity contribution in [3.63, 3.8) is 0 Å². The molecule has 1 unspecified atom stereocenters. The fourth-order valence-corrected chi connectivity index (χ4v) is 2.88. The standard InChI is InChI=1S/C16H20N4O/c1-3-8-18-16-15(21-2)14(19-10-20-16)12-7-6-11-5-4-9-17-13(11)12/h4-5,9-10,12H,3,6-8H2,1-2H3,(H,18,19,20). The Balaban J connectivity index is 1.99. The maximum absolute atomic E-state index is 5.59. The van der Waals surface area contributed by atoms with Crippen molar-refractivity contribution in [2.45, 2.75) is 32.1 Å². The van der Waals surface area contributed by atoms with Crippen LogP contribution in [0.3, 0.4) is 0 Å². The van der Waals surface area contributed by atoms with E-state index in [1.54, 1.807) is 13.4 Å². The largest absolute Gasteiger partial charge is 0.491 e. The first-order valence-electron chi connectivity index (χ1n) is 7.41. The summed E-state index contributed by atoms with van der Waals surface area (Å²) in [4.78, 5) is 13.3. The number of aromatic nitrogens is 3. The zero-order valence-corrected chi connectivity index (χ0v) is 12.5. The highest BCUT2D eigenvalue weighted by Crippen LogP contribution is 2.41. The van der Waals surface area contributed by atoms with E-state index in [2.05, 4.69) is 33.3 Å². The Bertz CT molecular complexity index is 629. The number of pyridine rings is 1. The van der Waals surface area contributed by atoms with Crippen LogP contribution in [0.1, 0.15) is 42.6 Å². The van der Waals surface area contributed by atoms with Gasteiger partial charge in [-0.05, 0) is 30.9 Å². The van der Waals surface area contributed by atoms with Gasteiger partial charge in [-0.15, -0.1) is 0 Å². The fourth-order valence-electron chi connectivity index (χ4n) is 2.88. The molecule has 2 heterocycles. The Labute approximate surface area is 124 Å². The van der Waals surface area contributed by atoms with Crippen molar-refractivity contribution in [3.05, 3.63) is 41.6 Å². The highest BCUT2D eigenvalue weighted by atomic mass is 16.5. The van der Waals surface area contributed by atoms with Crippen LogP contribution in [-0.4, -0.2) is 28.6 Å². The molecule has 0 spiro atoms. The molecule has 0 aromatic carbocycles. The lowest BCUT2D eigenvalue weighted by Gasteiger charge is -2.16. The topological polar surface area (TPSA) is 59.9 Å². The molecule has 0 amide bonds. The minimum atomic E-state index is 0.196. The average molecular weight is 284 g/mol. The van der Waals surface area contributed by atoms with Crippen LogP contribution < -0.4 is 10.1 Å². The third-order valence-corrected chi connectivity index (χ3v) is 3.87. The Morgan fingerprint density at radius 3 is 3.00 bits per heavy atom. The van der Waals surface area contributed by atoms with Gasteiger partial charge >= 0.3 is 0 Å². The van der Waals surface area contributed by atoms with Gasteiger partial charge in [0.2, 0.25) is 0 Å². The summed E-state index contributed by atoms with van der Waals surface area (Å²) in [7, 11) is 1.67. The summed E-state index contributed by atoms with van der Waals surface area (Å²) in [5.41, 5.74) is 3.37. The van der Waals surface area contributed by atoms with Gasteiger partial charge in [0.1, 0.15) is 6.33 Å². The number of anilines is 1. The lowest BCUT2D eigenvalue weighted by Crippen LogP contribution is -2.10. The molecular weight excluding hydrogens is 264 g/mol. The molecular formula is C16H20N4O. The maximum Gasteiger partial charge on any atom is 0.183 e. The summed E-state index contributed by atoms with van der Waals surface area (Å²) in [6.07, 6.45) is 6.56. The molecule has 0 radical (unpaired) electrons. The molecule has 3 rings (SSSR count). The van der Waals surface area contributed by atoms with Gasteiger partial charge in [-0.25, -0.2) is 9.97 Å². The number of nitrogens with one attached hydrogen (secondary N) is 1. The van der Waals surface area contributed by atoms with Gasteiger partial charge in [0.15, 0.2) is 11.6 Å². The van der Waals surface area contributed by atoms with Crippen LogP contribution in [0.25, 0.3) is 0 Å². The Morgan fingerprint density at radius 1 is 1.29 bits per heavy atom. The normalized spacial score (nSPS) is 16.6. The minimum absolute atomic E-state index is 0.196. The van der Waals surface area contributed by atoms with E-state index in [0.29, 0.717) is 0 Å². The van der Waals surface area contributed by atoms with Gasteiger partial charge in [-0.1, -0.05) is 13.0 Å². The van der Waals surface area contributed by atoms with Gasteiger partial charge in [0, 0.05) is 18.7 Å². The molecule has 5 nitrogen and oxygen atoms in total. The Kier molecular flexibility index (Phi) is 3.99. The van der Waals surface area contributed by atoms with E-state index in [1.807, 2.05) is 12.3 Å². The molecule has 0 aliphatic heterocycles. The summed E-state index contributed by atoms with van der Waals surface area (Å²) < 4.78 is 5.59. The molecule has 0 saturated heterocycles. The second-order valence-electron chi connectivity index (χ2n) is 5.21. The van der Waals surface area contributed by atoms with Crippen molar-refractivity contribution in [2.24, 2.45) is 0 Å². The first-order valence-corrected chi connectivity index (χ1v) is 7.41. The molecule has 1 aliphatic carbocycles. The number of ether oxygens (including phenoxy) is 1. The number of nitrogens with zero attached hydrogens (tertiary/aromatic N) is 3. The van der Waals surface area contributed by atoms with E-state index in [4.69, 9.17) is 4.74 Å². The van der Waals surface area contributed by atoms with Crippen molar-refractivity contribution in [1.82, 2.24) is 15.0 Å². The molecule has 1 atom stereocenters. The van der Waals surface area contributed by atoms with Crippen molar-refractivity contribution in [2.75, 3.05) is 19.0 Å². The zero-order chi connectivity index (χ0) is 14.7. The monoisotopic (exact) mass is 284 g/mol. The molecule has 2 aromatic heterocycles. The van der Waals surface area contributed by atoms with Crippen LogP contribution in [0.2, 0.25) is 0 Å². The molecule has 2 aromatic rings. The average Bonchev–Trinajstić information content (AvgIpc) is 2.96. The van der Waals surface area contributed by atoms with Crippen molar-refractivity contribution >= 4 is 5.82 Å². The molecule has 0 saturated carbocycles. The summed E-state index contributed by atoms with van der Waals surface area (Å²) in [5.74, 6) is 1.71. The van der Waals surface area contributed by atoms with Gasteiger partial charge in [0.25, 0.3) is 0 Å². The predicted octanol–water partition coefficient (Wildman–Crippen LogP) is 2.78. The SMILES string of the molecule is CCCNc1ncnc(C2CCc3cccnc32)c1OC. The highest BCUT2D eigenvalue weighted by Gasteiger charge is 2.30. The molecule has 0 fully saturated rings. The number of hydrogen-bond acceptors (Lipinski definition) is 5. The molecule has 5 heteroatoms. The van der Waals surface area contributed by atoms with E-state index in [1.165, 1.54) is 5.56 Å². The predicted molar refractivity (Wildman–Crippen MR) is 81.8 cm³/mol. The van der Waals surface area contributed by atoms with E-state index < -0.39 is 0 Å². The molecule has 21 heavy (non-hydrogen) atoms. The van der Waals surface area contributed by atoms with Crippen molar-refractivity contribution in [1.29, 1.82) is 0 Å². The summed E-state index contributed by atoms with van der Waals surface area (Å²) in [5, 5.41) is 3.31. The second-order valence-corrected chi connectivity index (χ2v) is 5.21. The third kappa shape index (κ3) is 2.55. The lowest BCUT2D eigenvalue weighted by molar-refractivity contribution is 0.403. The summed E-state index contributed by atoms with van der Waals surface area (Å²) >= 11 is 0. The van der Waals surface area contributed by atoms with Crippen LogP contribution in [-0.2, 0) is 6.42 Å². The van der Waals surface area contributed by atoms with E-state index in [-0.39, 0.29) is 5.92 Å². The third-order valence-electron chi connectivity index (χ3n) is 3.87. The number of rotatable bonds is 5. The number of methoxy groups -OCH3 is 1. The van der Waals surface area contributed by atoms with Crippen LogP contribution in [0.5, 0.6) is 5.75 Å². The van der Waals surface area contributed by atoms with Crippen LogP contribution in [0.4, 0.5) is 5.82 Å². The Morgan fingerprint density at radius 2 is 2.19 bits per heavy atom. The van der Waals surface area contributed by atoms with Crippen molar-refractivity contribution < 1.29 is 4.74 Å². The van der Waals surface area contributed by atoms with Gasteiger partial charge < -0.3 is 10.1 Å². The number of hydrogen-bond donors (Lipinski definition) is 1. The first-order chi connectivity index (χ1) is 10.3. The van der Waals surface area contributed by atoms with E-state index in [0.717, 1.165) is 48.8 Å². The zero-order valence-electron chi connectivity index (χ0n) is 12.5. The van der Waals surface area contributed by atoms with Crippen LogP contribution >= 0.6 is 0 Å². The lowest BCUT2D eigenvalue weighted by atomic mass is 10.0. The van der Waals surface area contributed by atoms with E-state index in [9.17, 15) is 0 Å². The quantitative estimate of drug-likeness (QED) is 0.915. The van der Waals surface area contributed by atoms with Crippen LogP contribution in [0.15, 0.2) is 24.7 Å². The van der Waals surface area contributed by atoms with Gasteiger partial charge in [-0.2, -0.15) is 0 Å². The Hall–Kier alpha value is -2.17. The number of aryl methyl sites for hydroxylation is 1. The van der Waals surface area contributed by atoms with Crippen molar-refractivity contribution in [3.8, 4) is 5.75 Å². The fraction of sp³-hybridized carbons (Fsp3) is 0.438. The number of fused-ring (bicyclic) bond motifs is 1. The maximum atomic E-state index is 5.59. The first kappa shape index (κ1) is 13.8. The smallest absolute Gasteiger partial charge is 0.183 e. The van der Waals surface area contributed by atoms with E-state index >= 15 is 0 Å². The summed E-state index contributed by atoms with van der Waals surface area (Å²) in [6.45, 7) is 2.99. The molecule has 110 valence electrons. The molecule has 1 aliphatic rings. The summed E-state index contributed by atoms with van der Waals surface area (Å²) in [6, 6.07) is 4.14. The van der Waals surface area contributed by atoms with Gasteiger partial charge in [-0.3, -0.25) is 4.98 Å². The molecule has 1 N–H and O–H groups in total. The van der Waals surface area contributed by atoms with Crippen LogP contribution in [0, 0.1) is 0 Å². The minimum Gasteiger partial charge on any atom is -0.491 e. The molecule has 0 bridgehead atoms. The highest BCUT2D eigenvalue weighted by molar-refractivity contribution is 5.55. The van der Waals surface area contributed by atoms with Gasteiger partial charge in [0.05, 0.1) is 18.5 Å². The second kappa shape index (κ2) is 6.08.